The first kappa shape index (κ1) is 36.6. The molecule has 0 aromatic heterocycles. The number of esters is 1. The lowest BCUT2D eigenvalue weighted by molar-refractivity contribution is -0.154. The van der Waals surface area contributed by atoms with Crippen molar-refractivity contribution in [3.05, 3.63) is 144 Å². The lowest BCUT2D eigenvalue weighted by Crippen LogP contribution is -2.60. The molecule has 0 aliphatic carbocycles. The largest absolute Gasteiger partial charge is 0.457 e. The Morgan fingerprint density at radius 1 is 0.571 bits per heavy atom. The van der Waals surface area contributed by atoms with Crippen molar-refractivity contribution in [1.82, 2.24) is 10.6 Å². The Balaban J connectivity index is 1.71. The van der Waals surface area contributed by atoms with Gasteiger partial charge in [0.1, 0.15) is 19.3 Å². The fraction of sp³-hybridized carbons (Fsp3) is 0.270. The molecule has 12 heteroatoms. The van der Waals surface area contributed by atoms with Crippen molar-refractivity contribution in [3.8, 4) is 0 Å². The first-order chi connectivity index (χ1) is 23.6. The molecule has 4 rings (SSSR count). The monoisotopic (exact) mass is 688 g/mol. The predicted octanol–water partition coefficient (Wildman–Crippen LogP) is 5.34. The minimum absolute atomic E-state index is 0.0440. The van der Waals surface area contributed by atoms with Crippen LogP contribution < -0.4 is 10.6 Å². The van der Waals surface area contributed by atoms with Crippen LogP contribution in [0.4, 0.5) is 9.59 Å². The van der Waals surface area contributed by atoms with Crippen molar-refractivity contribution >= 4 is 28.3 Å². The van der Waals surface area contributed by atoms with Crippen LogP contribution in [0.25, 0.3) is 0 Å². The second kappa shape index (κ2) is 18.4. The number of carbonyl (C=O) groups excluding carboxylic acids is 3. The molecule has 0 aliphatic heterocycles. The lowest BCUT2D eigenvalue weighted by atomic mass is 9.91. The van der Waals surface area contributed by atoms with Gasteiger partial charge in [0.2, 0.25) is 0 Å². The molecule has 4 atom stereocenters. The molecule has 2 amide bonds. The molecule has 11 nitrogen and oxygen atoms in total. The Hall–Kier alpha value is -5.20. The highest BCUT2D eigenvalue weighted by molar-refractivity contribution is 7.86. The molecular formula is C37H40N2O9S. The smallest absolute Gasteiger partial charge is 0.407 e. The van der Waals surface area contributed by atoms with Gasteiger partial charge in [-0.3, -0.25) is 8.98 Å². The van der Waals surface area contributed by atoms with Crippen LogP contribution in [0.1, 0.15) is 29.2 Å². The maximum Gasteiger partial charge on any atom is 0.407 e. The van der Waals surface area contributed by atoms with E-state index in [2.05, 4.69) is 10.6 Å². The number of hydrogen-bond donors (Lipinski definition) is 2. The van der Waals surface area contributed by atoms with E-state index in [1.165, 1.54) is 0 Å². The van der Waals surface area contributed by atoms with Crippen molar-refractivity contribution in [1.29, 1.82) is 0 Å². The SMILES string of the molecule is CC(=O)O[C@@H]([C@H](OS(C)(=O)=O)[C@H](Cc1ccccc1)NC(=O)OCc1ccccc1)[C@H](Cc1ccccc1)NC(=O)OCc1ccccc1. The molecule has 0 spiro atoms. The third kappa shape index (κ3) is 13.1. The predicted molar refractivity (Wildman–Crippen MR) is 183 cm³/mol. The normalized spacial score (nSPS) is 13.6. The summed E-state index contributed by atoms with van der Waals surface area (Å²) in [5.74, 6) is -0.769. The van der Waals surface area contributed by atoms with Crippen molar-refractivity contribution in [3.63, 3.8) is 0 Å². The van der Waals surface area contributed by atoms with Gasteiger partial charge in [-0.1, -0.05) is 121 Å². The highest BCUT2D eigenvalue weighted by Crippen LogP contribution is 2.22. The van der Waals surface area contributed by atoms with E-state index in [1.54, 1.807) is 72.8 Å². The van der Waals surface area contributed by atoms with Crippen LogP contribution in [0.5, 0.6) is 0 Å². The van der Waals surface area contributed by atoms with Crippen LogP contribution >= 0.6 is 0 Å². The summed E-state index contributed by atoms with van der Waals surface area (Å²) in [5.41, 5.74) is 2.93. The van der Waals surface area contributed by atoms with Crippen LogP contribution in [0, 0.1) is 0 Å². The lowest BCUT2D eigenvalue weighted by Gasteiger charge is -2.37. The fourth-order valence-corrected chi connectivity index (χ4v) is 5.84. The van der Waals surface area contributed by atoms with Crippen molar-refractivity contribution < 1.29 is 41.2 Å². The molecule has 2 N–H and O–H groups in total. The second-order valence-corrected chi connectivity index (χ2v) is 12.9. The molecular weight excluding hydrogens is 648 g/mol. The van der Waals surface area contributed by atoms with E-state index in [0.29, 0.717) is 0 Å². The molecule has 0 radical (unpaired) electrons. The average molecular weight is 689 g/mol. The first-order valence-corrected chi connectivity index (χ1v) is 17.4. The van der Waals surface area contributed by atoms with Gasteiger partial charge < -0.3 is 24.8 Å². The summed E-state index contributed by atoms with van der Waals surface area (Å²) in [5, 5.41) is 5.51. The molecule has 4 aromatic carbocycles. The van der Waals surface area contributed by atoms with Gasteiger partial charge in [-0.2, -0.15) is 8.42 Å². The van der Waals surface area contributed by atoms with Gasteiger partial charge in [0.15, 0.2) is 6.10 Å². The summed E-state index contributed by atoms with van der Waals surface area (Å²) in [6.07, 6.45) is -3.69. The number of hydrogen-bond acceptors (Lipinski definition) is 9. The zero-order valence-corrected chi connectivity index (χ0v) is 28.1. The maximum absolute atomic E-state index is 13.3. The Kier molecular flexibility index (Phi) is 13.7. The molecule has 49 heavy (non-hydrogen) atoms. The number of benzene rings is 4. The number of amides is 2. The summed E-state index contributed by atoms with van der Waals surface area (Å²) >= 11 is 0. The highest BCUT2D eigenvalue weighted by atomic mass is 32.2. The molecule has 0 saturated carbocycles. The Bertz CT molecular complexity index is 1730. The van der Waals surface area contributed by atoms with Gasteiger partial charge in [-0.05, 0) is 35.1 Å². The van der Waals surface area contributed by atoms with Crippen LogP contribution in [0.3, 0.4) is 0 Å². The maximum atomic E-state index is 13.3. The zero-order valence-electron chi connectivity index (χ0n) is 27.3. The van der Waals surface area contributed by atoms with E-state index in [1.807, 2.05) is 48.5 Å². The highest BCUT2D eigenvalue weighted by Gasteiger charge is 2.42. The zero-order chi connectivity index (χ0) is 35.1. The van der Waals surface area contributed by atoms with E-state index >= 15 is 0 Å². The Morgan fingerprint density at radius 3 is 1.27 bits per heavy atom. The molecule has 0 saturated heterocycles. The van der Waals surface area contributed by atoms with Crippen LogP contribution in [-0.4, -0.2) is 57.1 Å². The van der Waals surface area contributed by atoms with E-state index in [9.17, 15) is 22.8 Å². The summed E-state index contributed by atoms with van der Waals surface area (Å²) in [4.78, 5) is 39.2. The summed E-state index contributed by atoms with van der Waals surface area (Å²) in [7, 11) is -4.24. The van der Waals surface area contributed by atoms with E-state index in [4.69, 9.17) is 18.4 Å². The fourth-order valence-electron chi connectivity index (χ4n) is 5.19. The van der Waals surface area contributed by atoms with Gasteiger partial charge in [-0.25, -0.2) is 9.59 Å². The Morgan fingerprint density at radius 2 is 0.918 bits per heavy atom. The summed E-state index contributed by atoms with van der Waals surface area (Å²) < 4.78 is 48.1. The molecule has 0 fully saturated rings. The van der Waals surface area contributed by atoms with Gasteiger partial charge in [0, 0.05) is 6.92 Å². The molecule has 0 unspecified atom stereocenters. The average Bonchev–Trinajstić information content (AvgIpc) is 3.09. The minimum Gasteiger partial charge on any atom is -0.457 e. The number of nitrogens with one attached hydrogen (secondary N) is 2. The number of ether oxygens (including phenoxy) is 3. The molecule has 0 bridgehead atoms. The van der Waals surface area contributed by atoms with E-state index < -0.39 is 52.6 Å². The topological polar surface area (TPSA) is 146 Å². The van der Waals surface area contributed by atoms with E-state index in [0.717, 1.165) is 35.4 Å². The van der Waals surface area contributed by atoms with Gasteiger partial charge >= 0.3 is 18.2 Å². The van der Waals surface area contributed by atoms with Crippen LogP contribution in [-0.2, 0) is 59.4 Å². The van der Waals surface area contributed by atoms with Gasteiger partial charge in [-0.15, -0.1) is 0 Å². The molecule has 0 heterocycles. The minimum atomic E-state index is -4.24. The van der Waals surface area contributed by atoms with Crippen molar-refractivity contribution in [2.75, 3.05) is 6.26 Å². The molecule has 258 valence electrons. The van der Waals surface area contributed by atoms with Crippen LogP contribution in [0.15, 0.2) is 121 Å². The Labute approximate surface area is 286 Å². The number of alkyl carbamates (subject to hydrolysis) is 2. The molecule has 4 aromatic rings. The third-order valence-electron chi connectivity index (χ3n) is 7.33. The quantitative estimate of drug-likeness (QED) is 0.0905. The van der Waals surface area contributed by atoms with Gasteiger partial charge in [0.25, 0.3) is 10.1 Å². The summed E-state index contributed by atoms with van der Waals surface area (Å²) in [6, 6.07) is 33.9. The summed E-state index contributed by atoms with van der Waals surface area (Å²) in [6.45, 7) is 1.06. The van der Waals surface area contributed by atoms with Crippen molar-refractivity contribution in [2.24, 2.45) is 0 Å². The number of rotatable bonds is 16. The molecule has 0 aliphatic rings. The standard InChI is InChI=1S/C37H40N2O9S/c1-27(40)47-34(32(23-28-15-7-3-8-16-28)38-36(41)45-25-30-19-11-5-12-20-30)35(48-49(2,43)44)33(24-29-17-9-4-10-18-29)39-37(42)46-26-31-21-13-6-14-22-31/h3-22,32-35H,23-26H2,1-2H3,(H,38,41)(H,39,42)/t32-,33-,34+,35+/m0/s1. The first-order valence-electron chi connectivity index (χ1n) is 15.6. The van der Waals surface area contributed by atoms with E-state index in [-0.39, 0.29) is 26.1 Å². The second-order valence-electron chi connectivity index (χ2n) is 11.3. The van der Waals surface area contributed by atoms with Gasteiger partial charge in [0.05, 0.1) is 18.3 Å². The third-order valence-corrected chi connectivity index (χ3v) is 7.91. The number of carbonyl (C=O) groups is 3. The van der Waals surface area contributed by atoms with Crippen LogP contribution in [0.2, 0.25) is 0 Å². The van der Waals surface area contributed by atoms with Crippen molar-refractivity contribution in [2.45, 2.75) is 57.3 Å².